The number of hydrogen-bond acceptors (Lipinski definition) is 2. The van der Waals surface area contributed by atoms with Crippen LogP contribution in [0.1, 0.15) is 19.3 Å². The van der Waals surface area contributed by atoms with Crippen LogP contribution in [0, 0.1) is 5.92 Å². The third-order valence-electron chi connectivity index (χ3n) is 2.67. The summed E-state index contributed by atoms with van der Waals surface area (Å²) in [6.45, 7) is 2.91. The van der Waals surface area contributed by atoms with Gasteiger partial charge >= 0.3 is 0 Å². The predicted molar refractivity (Wildman–Crippen MR) is 40.0 cm³/mol. The first-order valence-electron chi connectivity index (χ1n) is 4.28. The molecule has 1 saturated carbocycles. The highest BCUT2D eigenvalue weighted by Gasteiger charge is 2.28. The summed E-state index contributed by atoms with van der Waals surface area (Å²) in [7, 11) is 0. The summed E-state index contributed by atoms with van der Waals surface area (Å²) < 4.78 is 5.38. The molecule has 2 fully saturated rings. The van der Waals surface area contributed by atoms with Crippen LogP contribution in [0.4, 0.5) is 0 Å². The average Bonchev–Trinajstić information content (AvgIpc) is 1.86. The van der Waals surface area contributed by atoms with Crippen LogP contribution in [0.15, 0.2) is 0 Å². The fraction of sp³-hybridized carbons (Fsp3) is 1.00. The molecule has 0 amide bonds. The van der Waals surface area contributed by atoms with Crippen molar-refractivity contribution in [2.45, 2.75) is 25.3 Å². The largest absolute Gasteiger partial charge is 0.379 e. The van der Waals surface area contributed by atoms with Crippen molar-refractivity contribution >= 4 is 0 Å². The quantitative estimate of drug-likeness (QED) is 0.582. The van der Waals surface area contributed by atoms with Crippen molar-refractivity contribution in [3.05, 3.63) is 0 Å². The zero-order valence-electron chi connectivity index (χ0n) is 6.31. The van der Waals surface area contributed by atoms with Gasteiger partial charge in [-0.3, -0.25) is 0 Å². The average molecular weight is 141 g/mol. The first kappa shape index (κ1) is 6.62. The van der Waals surface area contributed by atoms with Gasteiger partial charge in [0.1, 0.15) is 0 Å². The maximum atomic E-state index is 5.38. The Hall–Kier alpha value is -0.0800. The van der Waals surface area contributed by atoms with Gasteiger partial charge in [0.05, 0.1) is 13.2 Å². The Morgan fingerprint density at radius 1 is 1.30 bits per heavy atom. The van der Waals surface area contributed by atoms with E-state index in [2.05, 4.69) is 5.32 Å². The molecule has 2 nitrogen and oxygen atoms in total. The molecule has 0 aromatic rings. The molecule has 2 heteroatoms. The standard InChI is InChI=1S/C8H15NO/c1-2-7(3-1)8-6-10-5-4-9-8/h7-9H,1-6H2. The zero-order valence-corrected chi connectivity index (χ0v) is 6.31. The topological polar surface area (TPSA) is 21.3 Å². The number of nitrogens with one attached hydrogen (secondary N) is 1. The molecule has 0 aromatic heterocycles. The van der Waals surface area contributed by atoms with Gasteiger partial charge in [-0.2, -0.15) is 0 Å². The lowest BCUT2D eigenvalue weighted by Crippen LogP contribution is -2.47. The minimum Gasteiger partial charge on any atom is -0.379 e. The number of ether oxygens (including phenoxy) is 1. The van der Waals surface area contributed by atoms with Crippen molar-refractivity contribution < 1.29 is 4.74 Å². The van der Waals surface area contributed by atoms with Gasteiger partial charge in [0.2, 0.25) is 0 Å². The molecule has 10 heavy (non-hydrogen) atoms. The van der Waals surface area contributed by atoms with E-state index in [1.165, 1.54) is 19.3 Å². The molecular formula is C8H15NO. The van der Waals surface area contributed by atoms with Crippen LogP contribution in [0.25, 0.3) is 0 Å². The van der Waals surface area contributed by atoms with Gasteiger partial charge in [0.15, 0.2) is 0 Å². The van der Waals surface area contributed by atoms with Gasteiger partial charge in [0.25, 0.3) is 0 Å². The highest BCUT2D eigenvalue weighted by molar-refractivity contribution is 4.83. The lowest BCUT2D eigenvalue weighted by atomic mass is 9.80. The van der Waals surface area contributed by atoms with E-state index in [1.807, 2.05) is 0 Å². The predicted octanol–water partition coefficient (Wildman–Crippen LogP) is 0.775. The van der Waals surface area contributed by atoms with Crippen LogP contribution in [0.3, 0.4) is 0 Å². The molecule has 1 N–H and O–H groups in total. The van der Waals surface area contributed by atoms with Gasteiger partial charge in [-0.1, -0.05) is 6.42 Å². The summed E-state index contributed by atoms with van der Waals surface area (Å²) in [4.78, 5) is 0. The van der Waals surface area contributed by atoms with Crippen LogP contribution in [0.5, 0.6) is 0 Å². The molecule has 1 heterocycles. The molecule has 2 aliphatic rings. The first-order valence-corrected chi connectivity index (χ1v) is 4.28. The molecule has 0 bridgehead atoms. The molecule has 0 spiro atoms. The number of morpholine rings is 1. The van der Waals surface area contributed by atoms with Gasteiger partial charge < -0.3 is 10.1 Å². The second-order valence-corrected chi connectivity index (χ2v) is 3.33. The summed E-state index contributed by atoms with van der Waals surface area (Å²) in [6, 6.07) is 0.683. The molecule has 1 aliphatic heterocycles. The summed E-state index contributed by atoms with van der Waals surface area (Å²) in [5.74, 6) is 0.931. The van der Waals surface area contributed by atoms with Crippen LogP contribution in [-0.4, -0.2) is 25.8 Å². The Labute approximate surface area is 61.9 Å². The lowest BCUT2D eigenvalue weighted by molar-refractivity contribution is 0.0397. The Kier molecular flexibility index (Phi) is 1.91. The first-order chi connectivity index (χ1) is 4.97. The molecule has 58 valence electrons. The molecule has 0 radical (unpaired) electrons. The summed E-state index contributed by atoms with van der Waals surface area (Å²) in [5.41, 5.74) is 0. The maximum absolute atomic E-state index is 5.38. The maximum Gasteiger partial charge on any atom is 0.0622 e. The monoisotopic (exact) mass is 141 g/mol. The van der Waals surface area contributed by atoms with Gasteiger partial charge in [-0.05, 0) is 18.8 Å². The molecule has 1 saturated heterocycles. The molecule has 1 aliphatic carbocycles. The minimum atomic E-state index is 0.683. The summed E-state index contributed by atoms with van der Waals surface area (Å²) >= 11 is 0. The Morgan fingerprint density at radius 2 is 2.20 bits per heavy atom. The zero-order chi connectivity index (χ0) is 6.81. The molecule has 2 rings (SSSR count). The SMILES string of the molecule is C1CC(C2COCCN2)C1. The Bertz CT molecular complexity index is 106. The van der Waals surface area contributed by atoms with Crippen molar-refractivity contribution in [3.63, 3.8) is 0 Å². The molecule has 1 unspecified atom stereocenters. The fourth-order valence-electron chi connectivity index (χ4n) is 1.73. The third kappa shape index (κ3) is 1.18. The summed E-state index contributed by atoms with van der Waals surface area (Å²) in [5, 5.41) is 3.50. The van der Waals surface area contributed by atoms with E-state index in [1.54, 1.807) is 0 Å². The van der Waals surface area contributed by atoms with Crippen molar-refractivity contribution in [1.29, 1.82) is 0 Å². The fourth-order valence-corrected chi connectivity index (χ4v) is 1.73. The van der Waals surface area contributed by atoms with Gasteiger partial charge in [0, 0.05) is 12.6 Å². The smallest absolute Gasteiger partial charge is 0.0622 e. The molecule has 0 aromatic carbocycles. The normalized spacial score (nSPS) is 35.4. The van der Waals surface area contributed by atoms with Crippen LogP contribution >= 0.6 is 0 Å². The second-order valence-electron chi connectivity index (χ2n) is 3.33. The van der Waals surface area contributed by atoms with E-state index in [0.717, 1.165) is 25.7 Å². The van der Waals surface area contributed by atoms with Crippen LogP contribution < -0.4 is 5.32 Å². The Morgan fingerprint density at radius 3 is 2.70 bits per heavy atom. The highest BCUT2D eigenvalue weighted by atomic mass is 16.5. The van der Waals surface area contributed by atoms with E-state index in [-0.39, 0.29) is 0 Å². The van der Waals surface area contributed by atoms with Crippen LogP contribution in [-0.2, 0) is 4.74 Å². The second kappa shape index (κ2) is 2.89. The summed E-state index contributed by atoms with van der Waals surface area (Å²) in [6.07, 6.45) is 4.27. The van der Waals surface area contributed by atoms with Crippen molar-refractivity contribution in [2.75, 3.05) is 19.8 Å². The van der Waals surface area contributed by atoms with E-state index < -0.39 is 0 Å². The third-order valence-corrected chi connectivity index (χ3v) is 2.67. The highest BCUT2D eigenvalue weighted by Crippen LogP contribution is 2.30. The van der Waals surface area contributed by atoms with E-state index in [9.17, 15) is 0 Å². The minimum absolute atomic E-state index is 0.683. The van der Waals surface area contributed by atoms with Gasteiger partial charge in [-0.15, -0.1) is 0 Å². The number of rotatable bonds is 1. The van der Waals surface area contributed by atoms with Crippen molar-refractivity contribution in [3.8, 4) is 0 Å². The van der Waals surface area contributed by atoms with E-state index >= 15 is 0 Å². The van der Waals surface area contributed by atoms with E-state index in [4.69, 9.17) is 4.74 Å². The van der Waals surface area contributed by atoms with Crippen molar-refractivity contribution in [2.24, 2.45) is 5.92 Å². The molecule has 1 atom stereocenters. The van der Waals surface area contributed by atoms with Crippen molar-refractivity contribution in [1.82, 2.24) is 5.32 Å². The lowest BCUT2D eigenvalue weighted by Gasteiger charge is -2.36. The van der Waals surface area contributed by atoms with Crippen LogP contribution in [0.2, 0.25) is 0 Å². The number of hydrogen-bond donors (Lipinski definition) is 1. The molecular weight excluding hydrogens is 126 g/mol. The van der Waals surface area contributed by atoms with Gasteiger partial charge in [-0.25, -0.2) is 0 Å². The Balaban J connectivity index is 1.78. The van der Waals surface area contributed by atoms with E-state index in [0.29, 0.717) is 6.04 Å².